The van der Waals surface area contributed by atoms with Crippen molar-refractivity contribution in [2.75, 3.05) is 25.3 Å². The number of ether oxygens (including phenoxy) is 3. The number of rotatable bonds is 9. The van der Waals surface area contributed by atoms with Gasteiger partial charge in [0, 0.05) is 5.56 Å². The third kappa shape index (κ3) is 5.06. The van der Waals surface area contributed by atoms with Gasteiger partial charge in [0.05, 0.1) is 30.7 Å². The number of para-hydroxylation sites is 1. The van der Waals surface area contributed by atoms with Crippen molar-refractivity contribution in [1.29, 1.82) is 0 Å². The van der Waals surface area contributed by atoms with Crippen molar-refractivity contribution < 1.29 is 23.8 Å². The summed E-state index contributed by atoms with van der Waals surface area (Å²) in [5.74, 6) is 0.228. The molecule has 2 aromatic rings. The SMILES string of the molecule is C=CCc1cc(/C=C2/C(=O)N(c3ccccc3)N=C2C)cc(OCC)c1OCC(=O)OC. The fraction of sp³-hybridized carbons (Fsp3) is 0.240. The Morgan fingerprint density at radius 1 is 1.19 bits per heavy atom. The molecular formula is C25H26N2O5. The van der Waals surface area contributed by atoms with Gasteiger partial charge in [-0.05, 0) is 56.2 Å². The van der Waals surface area contributed by atoms with E-state index in [1.165, 1.54) is 12.1 Å². The molecule has 0 bridgehead atoms. The second kappa shape index (κ2) is 10.4. The number of carbonyl (C=O) groups excluding carboxylic acids is 2. The molecule has 0 aliphatic carbocycles. The third-order valence-corrected chi connectivity index (χ3v) is 4.75. The van der Waals surface area contributed by atoms with Gasteiger partial charge in [-0.2, -0.15) is 10.1 Å². The molecule has 166 valence electrons. The molecule has 0 N–H and O–H groups in total. The molecule has 32 heavy (non-hydrogen) atoms. The van der Waals surface area contributed by atoms with Gasteiger partial charge in [0.15, 0.2) is 18.1 Å². The number of anilines is 1. The molecule has 1 heterocycles. The average molecular weight is 434 g/mol. The summed E-state index contributed by atoms with van der Waals surface area (Å²) in [5.41, 5.74) is 3.34. The lowest BCUT2D eigenvalue weighted by molar-refractivity contribution is -0.142. The Balaban J connectivity index is 1.99. The van der Waals surface area contributed by atoms with Gasteiger partial charge in [-0.15, -0.1) is 6.58 Å². The number of nitrogens with zero attached hydrogens (tertiary/aromatic N) is 2. The molecule has 0 spiro atoms. The molecule has 1 aliphatic heterocycles. The van der Waals surface area contributed by atoms with E-state index in [1.807, 2.05) is 43.3 Å². The summed E-state index contributed by atoms with van der Waals surface area (Å²) >= 11 is 0. The van der Waals surface area contributed by atoms with Gasteiger partial charge >= 0.3 is 5.97 Å². The van der Waals surface area contributed by atoms with Crippen molar-refractivity contribution in [1.82, 2.24) is 0 Å². The summed E-state index contributed by atoms with van der Waals surface area (Å²) in [7, 11) is 1.30. The van der Waals surface area contributed by atoms with Gasteiger partial charge in [-0.25, -0.2) is 4.79 Å². The van der Waals surface area contributed by atoms with Crippen LogP contribution in [0.4, 0.5) is 5.69 Å². The number of allylic oxidation sites excluding steroid dienone is 1. The second-order valence-electron chi connectivity index (χ2n) is 6.99. The third-order valence-electron chi connectivity index (χ3n) is 4.75. The van der Waals surface area contributed by atoms with Crippen LogP contribution in [-0.4, -0.2) is 37.9 Å². The summed E-state index contributed by atoms with van der Waals surface area (Å²) in [4.78, 5) is 24.6. The molecule has 0 aromatic heterocycles. The maximum absolute atomic E-state index is 13.0. The standard InChI is InChI=1S/C25H26N2O5/c1-5-10-19-13-18(15-22(31-6-2)24(19)32-16-23(28)30-4)14-21-17(3)26-27(25(21)29)20-11-8-7-9-12-20/h5,7-9,11-15H,1,6,10,16H2,2-4H3/b21-14+. The molecule has 7 heteroatoms. The Morgan fingerprint density at radius 2 is 1.94 bits per heavy atom. The molecular weight excluding hydrogens is 408 g/mol. The molecule has 0 fully saturated rings. The number of amides is 1. The first kappa shape index (κ1) is 22.8. The minimum absolute atomic E-state index is 0.206. The number of hydrogen-bond acceptors (Lipinski definition) is 6. The summed E-state index contributed by atoms with van der Waals surface area (Å²) in [6.45, 7) is 7.63. The molecule has 1 amide bonds. The first-order valence-corrected chi connectivity index (χ1v) is 10.3. The van der Waals surface area contributed by atoms with Crippen LogP contribution >= 0.6 is 0 Å². The lowest BCUT2D eigenvalue weighted by Crippen LogP contribution is -2.21. The largest absolute Gasteiger partial charge is 0.490 e. The highest BCUT2D eigenvalue weighted by Gasteiger charge is 2.28. The molecule has 1 aliphatic rings. The van der Waals surface area contributed by atoms with Crippen LogP contribution in [0.5, 0.6) is 11.5 Å². The van der Waals surface area contributed by atoms with Crippen LogP contribution in [0.15, 0.2) is 65.8 Å². The van der Waals surface area contributed by atoms with Crippen molar-refractivity contribution in [3.8, 4) is 11.5 Å². The van der Waals surface area contributed by atoms with Crippen LogP contribution in [0, 0.1) is 0 Å². The molecule has 3 rings (SSSR count). The van der Waals surface area contributed by atoms with E-state index < -0.39 is 5.97 Å². The predicted octanol–water partition coefficient (Wildman–Crippen LogP) is 4.17. The molecule has 0 unspecified atom stereocenters. The Labute approximate surface area is 187 Å². The number of esters is 1. The molecule has 0 saturated heterocycles. The number of hydrazone groups is 1. The summed E-state index contributed by atoms with van der Waals surface area (Å²) in [6, 6.07) is 12.9. The van der Waals surface area contributed by atoms with E-state index in [1.54, 1.807) is 25.1 Å². The molecule has 0 radical (unpaired) electrons. The minimum Gasteiger partial charge on any atom is -0.490 e. The molecule has 2 aromatic carbocycles. The molecule has 0 atom stereocenters. The van der Waals surface area contributed by atoms with Crippen LogP contribution in [-0.2, 0) is 20.7 Å². The highest BCUT2D eigenvalue weighted by molar-refractivity contribution is 6.32. The Kier molecular flexibility index (Phi) is 7.44. The van der Waals surface area contributed by atoms with Crippen LogP contribution in [0.1, 0.15) is 25.0 Å². The highest BCUT2D eigenvalue weighted by Crippen LogP contribution is 2.35. The van der Waals surface area contributed by atoms with E-state index in [9.17, 15) is 9.59 Å². The first-order valence-electron chi connectivity index (χ1n) is 10.3. The van der Waals surface area contributed by atoms with Crippen molar-refractivity contribution in [2.45, 2.75) is 20.3 Å². The van der Waals surface area contributed by atoms with Gasteiger partial charge in [-0.3, -0.25) is 4.79 Å². The van der Waals surface area contributed by atoms with Crippen molar-refractivity contribution in [3.05, 3.63) is 71.8 Å². The van der Waals surface area contributed by atoms with E-state index in [0.717, 1.165) is 11.1 Å². The van der Waals surface area contributed by atoms with Gasteiger partial charge < -0.3 is 14.2 Å². The fourth-order valence-corrected chi connectivity index (χ4v) is 3.29. The van der Waals surface area contributed by atoms with Gasteiger partial charge in [-0.1, -0.05) is 24.3 Å². The lowest BCUT2D eigenvalue weighted by atomic mass is 10.0. The van der Waals surface area contributed by atoms with Crippen LogP contribution in [0.3, 0.4) is 0 Å². The van der Waals surface area contributed by atoms with Crippen LogP contribution in [0.25, 0.3) is 6.08 Å². The number of methoxy groups -OCH3 is 1. The smallest absolute Gasteiger partial charge is 0.343 e. The second-order valence-corrected chi connectivity index (χ2v) is 6.99. The molecule has 7 nitrogen and oxygen atoms in total. The van der Waals surface area contributed by atoms with E-state index in [2.05, 4.69) is 16.4 Å². The summed E-state index contributed by atoms with van der Waals surface area (Å²) in [5, 5.41) is 5.81. The Bertz CT molecular complexity index is 1070. The summed E-state index contributed by atoms with van der Waals surface area (Å²) < 4.78 is 16.1. The molecule has 0 saturated carbocycles. The Hall–Kier alpha value is -3.87. The lowest BCUT2D eigenvalue weighted by Gasteiger charge is -2.16. The van der Waals surface area contributed by atoms with E-state index in [4.69, 9.17) is 9.47 Å². The zero-order chi connectivity index (χ0) is 23.1. The first-order chi connectivity index (χ1) is 15.5. The highest BCUT2D eigenvalue weighted by atomic mass is 16.6. The van der Waals surface area contributed by atoms with E-state index >= 15 is 0 Å². The Morgan fingerprint density at radius 3 is 2.59 bits per heavy atom. The summed E-state index contributed by atoms with van der Waals surface area (Å²) in [6.07, 6.45) is 4.01. The minimum atomic E-state index is -0.493. The van der Waals surface area contributed by atoms with Gasteiger partial charge in [0.25, 0.3) is 5.91 Å². The van der Waals surface area contributed by atoms with Crippen molar-refractivity contribution >= 4 is 29.4 Å². The zero-order valence-electron chi connectivity index (χ0n) is 18.5. The van der Waals surface area contributed by atoms with Crippen molar-refractivity contribution in [3.63, 3.8) is 0 Å². The van der Waals surface area contributed by atoms with Crippen LogP contribution in [0.2, 0.25) is 0 Å². The van der Waals surface area contributed by atoms with Crippen molar-refractivity contribution in [2.24, 2.45) is 5.10 Å². The predicted molar refractivity (Wildman–Crippen MR) is 124 cm³/mol. The van der Waals surface area contributed by atoms with E-state index in [-0.39, 0.29) is 12.5 Å². The van der Waals surface area contributed by atoms with Gasteiger partial charge in [0.1, 0.15) is 0 Å². The van der Waals surface area contributed by atoms with Crippen LogP contribution < -0.4 is 14.5 Å². The number of benzene rings is 2. The van der Waals surface area contributed by atoms with E-state index in [0.29, 0.717) is 41.5 Å². The average Bonchev–Trinajstić information content (AvgIpc) is 3.07. The normalized spacial score (nSPS) is 14.3. The number of hydrogen-bond donors (Lipinski definition) is 0. The zero-order valence-corrected chi connectivity index (χ0v) is 18.5. The quantitative estimate of drug-likeness (QED) is 0.336. The topological polar surface area (TPSA) is 77.4 Å². The number of carbonyl (C=O) groups is 2. The monoisotopic (exact) mass is 434 g/mol. The maximum atomic E-state index is 13.0. The van der Waals surface area contributed by atoms with Gasteiger partial charge in [0.2, 0.25) is 0 Å². The fourth-order valence-electron chi connectivity index (χ4n) is 3.29. The maximum Gasteiger partial charge on any atom is 0.343 e.